The lowest BCUT2D eigenvalue weighted by Gasteiger charge is -2.19. The number of rotatable bonds is 6. The Hall–Kier alpha value is -1.47. The molecule has 1 atom stereocenters. The summed E-state index contributed by atoms with van der Waals surface area (Å²) < 4.78 is 45.2. The van der Waals surface area contributed by atoms with E-state index in [2.05, 4.69) is 4.74 Å². The number of benzene rings is 1. The predicted octanol–water partition coefficient (Wildman–Crippen LogP) is 3.00. The van der Waals surface area contributed by atoms with Gasteiger partial charge in [-0.05, 0) is 55.2 Å². The minimum Gasteiger partial charge on any atom is -0.465 e. The number of hydrogen-bond donors (Lipinski definition) is 0. The van der Waals surface area contributed by atoms with Gasteiger partial charge in [0.25, 0.3) is 0 Å². The highest BCUT2D eigenvalue weighted by Gasteiger charge is 2.33. The number of methoxy groups -OCH3 is 1. The van der Waals surface area contributed by atoms with E-state index >= 15 is 0 Å². The monoisotopic (exact) mass is 383 g/mol. The average Bonchev–Trinajstić information content (AvgIpc) is 3.28. The summed E-state index contributed by atoms with van der Waals surface area (Å²) in [7, 11) is -1.98. The topological polar surface area (TPSA) is 63.7 Å². The minimum atomic E-state index is -3.20. The maximum atomic E-state index is 13.7. The highest BCUT2D eigenvalue weighted by molar-refractivity contribution is 7.89. The quantitative estimate of drug-likeness (QED) is 0.709. The molecule has 1 aliphatic heterocycles. The molecule has 0 N–H and O–H groups in total. The number of carbonyl (C=O) groups excluding carboxylic acids is 1. The van der Waals surface area contributed by atoms with Crippen molar-refractivity contribution in [1.82, 2.24) is 4.31 Å². The third-order valence-corrected chi connectivity index (χ3v) is 7.53. The van der Waals surface area contributed by atoms with Gasteiger partial charge >= 0.3 is 5.97 Å². The van der Waals surface area contributed by atoms with Crippen LogP contribution in [0.25, 0.3) is 0 Å². The van der Waals surface area contributed by atoms with Crippen LogP contribution in [0.1, 0.15) is 48.0 Å². The lowest BCUT2D eigenvalue weighted by molar-refractivity contribution is 0.0595. The van der Waals surface area contributed by atoms with Crippen LogP contribution >= 0.6 is 0 Å². The van der Waals surface area contributed by atoms with Crippen LogP contribution in [0.3, 0.4) is 0 Å². The molecule has 2 aliphatic rings. The number of hydrogen-bond acceptors (Lipinski definition) is 4. The van der Waals surface area contributed by atoms with Crippen molar-refractivity contribution < 1.29 is 22.3 Å². The smallest absolute Gasteiger partial charge is 0.340 e. The molecule has 1 aliphatic carbocycles. The third kappa shape index (κ3) is 4.43. The summed E-state index contributed by atoms with van der Waals surface area (Å²) in [5, 5.41) is 0. The Bertz CT molecular complexity index is 759. The molecule has 0 bridgehead atoms. The van der Waals surface area contributed by atoms with Gasteiger partial charge in [-0.15, -0.1) is 0 Å². The Balaban J connectivity index is 1.61. The van der Waals surface area contributed by atoms with E-state index in [9.17, 15) is 17.6 Å². The first-order chi connectivity index (χ1) is 12.4. The first-order valence-corrected chi connectivity index (χ1v) is 10.8. The zero-order valence-electron chi connectivity index (χ0n) is 15.1. The van der Waals surface area contributed by atoms with Crippen LogP contribution in [0.2, 0.25) is 0 Å². The largest absolute Gasteiger partial charge is 0.465 e. The zero-order chi connectivity index (χ0) is 18.7. The van der Waals surface area contributed by atoms with E-state index in [1.165, 1.54) is 19.2 Å². The van der Waals surface area contributed by atoms with Crippen molar-refractivity contribution in [3.8, 4) is 0 Å². The highest BCUT2D eigenvalue weighted by atomic mass is 32.2. The van der Waals surface area contributed by atoms with Crippen molar-refractivity contribution in [2.24, 2.45) is 11.8 Å². The van der Waals surface area contributed by atoms with Crippen molar-refractivity contribution in [2.75, 3.05) is 26.0 Å². The number of carbonyl (C=O) groups is 1. The van der Waals surface area contributed by atoms with E-state index in [0.717, 1.165) is 37.7 Å². The Morgan fingerprint density at radius 2 is 1.96 bits per heavy atom. The summed E-state index contributed by atoms with van der Waals surface area (Å²) in [6.07, 6.45) is 5.71. The van der Waals surface area contributed by atoms with Crippen LogP contribution in [0.5, 0.6) is 0 Å². The maximum Gasteiger partial charge on any atom is 0.340 e. The van der Waals surface area contributed by atoms with Crippen LogP contribution in [-0.2, 0) is 21.2 Å². The molecule has 1 aromatic rings. The summed E-state index contributed by atoms with van der Waals surface area (Å²) in [5.74, 6) is -0.546. The molecule has 2 fully saturated rings. The number of nitrogens with zero attached hydrogens (tertiary/aromatic N) is 1. The molecule has 0 amide bonds. The molecule has 5 nitrogen and oxygen atoms in total. The molecule has 3 rings (SSSR count). The molecule has 144 valence electrons. The Morgan fingerprint density at radius 3 is 2.65 bits per heavy atom. The van der Waals surface area contributed by atoms with Gasteiger partial charge in [0.15, 0.2) is 0 Å². The van der Waals surface area contributed by atoms with Gasteiger partial charge in [0.05, 0.1) is 18.4 Å². The standard InChI is InChI=1S/C19H26FNO4S/c1-25-19(22)17-11-15(6-7-18(17)20)10-16-8-9-21(12-16)26(23,24)13-14-4-2-3-5-14/h6-7,11,14,16H,2-5,8-10,12-13H2,1H3. The summed E-state index contributed by atoms with van der Waals surface area (Å²) in [5.41, 5.74) is 0.751. The fourth-order valence-electron chi connectivity index (χ4n) is 4.10. The Labute approximate surface area is 154 Å². The van der Waals surface area contributed by atoms with Gasteiger partial charge in [-0.3, -0.25) is 0 Å². The van der Waals surface area contributed by atoms with E-state index in [0.29, 0.717) is 25.4 Å². The van der Waals surface area contributed by atoms with E-state index < -0.39 is 21.8 Å². The fraction of sp³-hybridized carbons (Fsp3) is 0.632. The van der Waals surface area contributed by atoms with Crippen molar-refractivity contribution in [3.05, 3.63) is 35.1 Å². The lowest BCUT2D eigenvalue weighted by Crippen LogP contribution is -2.33. The molecule has 26 heavy (non-hydrogen) atoms. The molecule has 0 radical (unpaired) electrons. The van der Waals surface area contributed by atoms with Crippen LogP contribution in [0.15, 0.2) is 18.2 Å². The summed E-state index contributed by atoms with van der Waals surface area (Å²) in [6, 6.07) is 4.43. The molecule has 0 aromatic heterocycles. The SMILES string of the molecule is COC(=O)c1cc(CC2CCN(S(=O)(=O)CC3CCCC3)C2)ccc1F. The molecule has 1 aromatic carbocycles. The second-order valence-corrected chi connectivity index (χ2v) is 9.47. The third-order valence-electron chi connectivity index (χ3n) is 5.52. The van der Waals surface area contributed by atoms with Crippen molar-refractivity contribution in [3.63, 3.8) is 0 Å². The minimum absolute atomic E-state index is 0.0753. The average molecular weight is 383 g/mol. The van der Waals surface area contributed by atoms with Crippen molar-refractivity contribution in [2.45, 2.75) is 38.5 Å². The van der Waals surface area contributed by atoms with Gasteiger partial charge < -0.3 is 4.74 Å². The lowest BCUT2D eigenvalue weighted by atomic mass is 9.97. The first-order valence-electron chi connectivity index (χ1n) is 9.23. The Morgan fingerprint density at radius 1 is 1.23 bits per heavy atom. The zero-order valence-corrected chi connectivity index (χ0v) is 15.9. The summed E-state index contributed by atoms with van der Waals surface area (Å²) >= 11 is 0. The van der Waals surface area contributed by atoms with Gasteiger partial charge in [-0.25, -0.2) is 21.9 Å². The summed E-state index contributed by atoms with van der Waals surface area (Å²) in [4.78, 5) is 11.6. The normalized spacial score (nSPS) is 22.0. The van der Waals surface area contributed by atoms with E-state index in [4.69, 9.17) is 0 Å². The maximum absolute atomic E-state index is 13.7. The molecule has 7 heteroatoms. The van der Waals surface area contributed by atoms with E-state index in [1.807, 2.05) is 0 Å². The van der Waals surface area contributed by atoms with Crippen LogP contribution in [0.4, 0.5) is 4.39 Å². The van der Waals surface area contributed by atoms with E-state index in [1.54, 1.807) is 10.4 Å². The molecule has 1 heterocycles. The molecule has 0 spiro atoms. The predicted molar refractivity (Wildman–Crippen MR) is 96.9 cm³/mol. The van der Waals surface area contributed by atoms with Crippen LogP contribution in [-0.4, -0.2) is 44.6 Å². The summed E-state index contributed by atoms with van der Waals surface area (Å²) in [6.45, 7) is 1.05. The number of ether oxygens (including phenoxy) is 1. The fourth-order valence-corrected chi connectivity index (χ4v) is 6.06. The number of halogens is 1. The Kier molecular flexibility index (Phi) is 5.97. The molecule has 1 unspecified atom stereocenters. The van der Waals surface area contributed by atoms with Crippen LogP contribution < -0.4 is 0 Å². The first kappa shape index (κ1) is 19.3. The second kappa shape index (κ2) is 8.05. The van der Waals surface area contributed by atoms with Gasteiger partial charge in [0.1, 0.15) is 5.82 Å². The number of esters is 1. The van der Waals surface area contributed by atoms with Gasteiger partial charge in [0.2, 0.25) is 10.0 Å². The molecule has 1 saturated carbocycles. The number of sulfonamides is 1. The van der Waals surface area contributed by atoms with Crippen molar-refractivity contribution >= 4 is 16.0 Å². The van der Waals surface area contributed by atoms with Gasteiger partial charge in [-0.2, -0.15) is 0 Å². The highest BCUT2D eigenvalue weighted by Crippen LogP contribution is 2.29. The second-order valence-electron chi connectivity index (χ2n) is 7.45. The van der Waals surface area contributed by atoms with Gasteiger partial charge in [-0.1, -0.05) is 18.9 Å². The van der Waals surface area contributed by atoms with Gasteiger partial charge in [0, 0.05) is 13.1 Å². The van der Waals surface area contributed by atoms with Crippen molar-refractivity contribution in [1.29, 1.82) is 0 Å². The molecular formula is C19H26FNO4S. The van der Waals surface area contributed by atoms with E-state index in [-0.39, 0.29) is 17.2 Å². The molecular weight excluding hydrogens is 357 g/mol. The molecule has 1 saturated heterocycles. The van der Waals surface area contributed by atoms with Crippen LogP contribution in [0, 0.1) is 17.7 Å².